The molecule has 0 spiro atoms. The Hall–Kier alpha value is -2.48. The molecule has 154 valence electrons. The lowest BCUT2D eigenvalue weighted by atomic mass is 10.0. The zero-order valence-electron chi connectivity index (χ0n) is 17.6. The summed E-state index contributed by atoms with van der Waals surface area (Å²) in [5.41, 5.74) is 2.41. The zero-order chi connectivity index (χ0) is 20.9. The van der Waals surface area contributed by atoms with Gasteiger partial charge in [-0.25, -0.2) is 4.98 Å². The van der Waals surface area contributed by atoms with Crippen LogP contribution in [0, 0.1) is 20.8 Å². The van der Waals surface area contributed by atoms with Gasteiger partial charge in [-0.15, -0.1) is 11.3 Å². The Morgan fingerprint density at radius 1 is 1.31 bits per heavy atom. The van der Waals surface area contributed by atoms with Gasteiger partial charge in [-0.3, -0.25) is 19.3 Å². The normalized spacial score (nSPS) is 17.4. The zero-order valence-corrected chi connectivity index (χ0v) is 18.4. The molecular formula is C21H27N5O2S. The maximum Gasteiger partial charge on any atom is 0.262 e. The van der Waals surface area contributed by atoms with Gasteiger partial charge in [-0.1, -0.05) is 13.8 Å². The predicted octanol–water partition coefficient (Wildman–Crippen LogP) is 3.71. The van der Waals surface area contributed by atoms with Gasteiger partial charge >= 0.3 is 0 Å². The van der Waals surface area contributed by atoms with Gasteiger partial charge < -0.3 is 4.90 Å². The van der Waals surface area contributed by atoms with Gasteiger partial charge in [0.2, 0.25) is 0 Å². The number of piperidine rings is 1. The summed E-state index contributed by atoms with van der Waals surface area (Å²) in [6, 6.07) is -0.0682. The van der Waals surface area contributed by atoms with Crippen molar-refractivity contribution in [2.75, 3.05) is 13.1 Å². The van der Waals surface area contributed by atoms with E-state index in [-0.39, 0.29) is 23.4 Å². The maximum absolute atomic E-state index is 13.6. The van der Waals surface area contributed by atoms with Gasteiger partial charge in [0, 0.05) is 29.6 Å². The van der Waals surface area contributed by atoms with E-state index < -0.39 is 0 Å². The largest absolute Gasteiger partial charge is 0.336 e. The summed E-state index contributed by atoms with van der Waals surface area (Å²) in [5.74, 6) is 0.899. The van der Waals surface area contributed by atoms with Crippen molar-refractivity contribution in [1.82, 2.24) is 24.6 Å². The Morgan fingerprint density at radius 3 is 2.72 bits per heavy atom. The molecule has 0 radical (unpaired) electrons. The van der Waals surface area contributed by atoms with Crippen LogP contribution in [0.4, 0.5) is 0 Å². The molecule has 1 atom stereocenters. The summed E-state index contributed by atoms with van der Waals surface area (Å²) in [4.78, 5) is 35.2. The van der Waals surface area contributed by atoms with Crippen LogP contribution in [-0.4, -0.2) is 43.6 Å². The van der Waals surface area contributed by atoms with Crippen molar-refractivity contribution in [3.05, 3.63) is 44.1 Å². The van der Waals surface area contributed by atoms with Gasteiger partial charge in [-0.05, 0) is 39.2 Å². The van der Waals surface area contributed by atoms with Crippen molar-refractivity contribution in [1.29, 1.82) is 0 Å². The molecule has 1 N–H and O–H groups in total. The number of hydrogen-bond acceptors (Lipinski definition) is 5. The molecule has 29 heavy (non-hydrogen) atoms. The number of aromatic nitrogens is 4. The summed E-state index contributed by atoms with van der Waals surface area (Å²) < 4.78 is 1.87. The van der Waals surface area contributed by atoms with Crippen molar-refractivity contribution in [3.8, 4) is 0 Å². The number of nitrogens with zero attached hydrogens (tertiary/aromatic N) is 4. The third kappa shape index (κ3) is 3.29. The van der Waals surface area contributed by atoms with E-state index in [1.165, 1.54) is 0 Å². The first kappa shape index (κ1) is 19.8. The second-order valence-electron chi connectivity index (χ2n) is 8.22. The van der Waals surface area contributed by atoms with Crippen LogP contribution in [0.5, 0.6) is 0 Å². The van der Waals surface area contributed by atoms with Crippen LogP contribution >= 0.6 is 11.3 Å². The van der Waals surface area contributed by atoms with Crippen molar-refractivity contribution >= 4 is 27.5 Å². The summed E-state index contributed by atoms with van der Waals surface area (Å²) in [5, 5.41) is 7.54. The Balaban J connectivity index is 1.77. The highest BCUT2D eigenvalue weighted by molar-refractivity contribution is 7.18. The molecule has 1 saturated heterocycles. The smallest absolute Gasteiger partial charge is 0.262 e. The Labute approximate surface area is 173 Å². The molecule has 0 aliphatic carbocycles. The van der Waals surface area contributed by atoms with Crippen molar-refractivity contribution in [3.63, 3.8) is 0 Å². The maximum atomic E-state index is 13.6. The fourth-order valence-electron chi connectivity index (χ4n) is 4.17. The van der Waals surface area contributed by atoms with Crippen molar-refractivity contribution in [2.45, 2.75) is 59.4 Å². The van der Waals surface area contributed by atoms with E-state index in [1.54, 1.807) is 17.5 Å². The lowest BCUT2D eigenvalue weighted by Crippen LogP contribution is -2.44. The highest BCUT2D eigenvalue weighted by Gasteiger charge is 2.30. The fourth-order valence-corrected chi connectivity index (χ4v) is 5.20. The number of carbonyl (C=O) groups is 1. The molecule has 4 rings (SSSR count). The van der Waals surface area contributed by atoms with E-state index in [0.29, 0.717) is 18.7 Å². The van der Waals surface area contributed by atoms with Crippen LogP contribution < -0.4 is 5.56 Å². The molecule has 1 unspecified atom stereocenters. The highest BCUT2D eigenvalue weighted by atomic mass is 32.1. The second kappa shape index (κ2) is 7.40. The van der Waals surface area contributed by atoms with E-state index in [1.807, 2.05) is 30.2 Å². The standard InChI is InChI=1S/C21H27N5O2S/c1-11(2)18-23-19-17(12(3)14(5)29-19)21(28)26(18)15-7-6-8-25(10-15)20(27)16-9-22-24-13(16)4/h9,11,15H,6-8,10H2,1-5H3,(H,22,24). The minimum Gasteiger partial charge on any atom is -0.336 e. The Morgan fingerprint density at radius 2 is 2.07 bits per heavy atom. The molecule has 7 nitrogen and oxygen atoms in total. The Kier molecular flexibility index (Phi) is 5.06. The molecule has 0 saturated carbocycles. The summed E-state index contributed by atoms with van der Waals surface area (Å²) in [7, 11) is 0. The SMILES string of the molecule is Cc1[nH]ncc1C(=O)N1CCCC(n2c(C(C)C)nc3sc(C)c(C)c3c2=O)C1. The average Bonchev–Trinajstić information content (AvgIpc) is 3.24. The Bertz CT molecular complexity index is 1140. The number of likely N-dealkylation sites (tertiary alicyclic amines) is 1. The van der Waals surface area contributed by atoms with Crippen LogP contribution in [-0.2, 0) is 0 Å². The molecule has 1 fully saturated rings. The number of aryl methyl sites for hydroxylation is 3. The highest BCUT2D eigenvalue weighted by Crippen LogP contribution is 2.31. The number of amides is 1. The third-order valence-electron chi connectivity index (χ3n) is 5.89. The summed E-state index contributed by atoms with van der Waals surface area (Å²) >= 11 is 1.59. The van der Waals surface area contributed by atoms with Crippen LogP contribution in [0.3, 0.4) is 0 Å². The molecule has 3 aromatic rings. The fraction of sp³-hybridized carbons (Fsp3) is 0.524. The van der Waals surface area contributed by atoms with E-state index in [4.69, 9.17) is 4.98 Å². The molecule has 1 aliphatic heterocycles. The number of fused-ring (bicyclic) bond motifs is 1. The first-order valence-electron chi connectivity index (χ1n) is 10.1. The molecule has 8 heteroatoms. The monoisotopic (exact) mass is 413 g/mol. The first-order chi connectivity index (χ1) is 13.8. The van der Waals surface area contributed by atoms with Gasteiger partial charge in [0.1, 0.15) is 10.7 Å². The number of rotatable bonds is 3. The topological polar surface area (TPSA) is 83.9 Å². The van der Waals surface area contributed by atoms with Gasteiger partial charge in [0.05, 0.1) is 23.2 Å². The average molecular weight is 414 g/mol. The number of nitrogens with one attached hydrogen (secondary N) is 1. The lowest BCUT2D eigenvalue weighted by molar-refractivity contribution is 0.0674. The van der Waals surface area contributed by atoms with E-state index >= 15 is 0 Å². The number of H-pyrrole nitrogens is 1. The molecule has 1 aliphatic rings. The number of carbonyl (C=O) groups excluding carboxylic acids is 1. The van der Waals surface area contributed by atoms with E-state index in [9.17, 15) is 9.59 Å². The predicted molar refractivity (Wildman–Crippen MR) is 115 cm³/mol. The molecule has 0 bridgehead atoms. The number of hydrogen-bond donors (Lipinski definition) is 1. The van der Waals surface area contributed by atoms with Crippen molar-refractivity contribution in [2.24, 2.45) is 0 Å². The minimum atomic E-state index is -0.0682. The van der Waals surface area contributed by atoms with Crippen LogP contribution in [0.2, 0.25) is 0 Å². The molecule has 4 heterocycles. The van der Waals surface area contributed by atoms with Gasteiger partial charge in [0.25, 0.3) is 11.5 Å². The van der Waals surface area contributed by atoms with Gasteiger partial charge in [-0.2, -0.15) is 5.10 Å². The van der Waals surface area contributed by atoms with Gasteiger partial charge in [0.15, 0.2) is 0 Å². The first-order valence-corrected chi connectivity index (χ1v) is 10.9. The number of thiophene rings is 1. The molecule has 3 aromatic heterocycles. The molecule has 0 aromatic carbocycles. The van der Waals surface area contributed by atoms with Crippen LogP contribution in [0.1, 0.15) is 71.0 Å². The second-order valence-corrected chi connectivity index (χ2v) is 9.42. The molecular weight excluding hydrogens is 386 g/mol. The lowest BCUT2D eigenvalue weighted by Gasteiger charge is -2.35. The third-order valence-corrected chi connectivity index (χ3v) is 6.99. The molecule has 1 amide bonds. The minimum absolute atomic E-state index is 0.0272. The van der Waals surface area contributed by atoms with Crippen LogP contribution in [0.25, 0.3) is 10.2 Å². The van der Waals surface area contributed by atoms with E-state index in [2.05, 4.69) is 24.0 Å². The van der Waals surface area contributed by atoms with Crippen LogP contribution in [0.15, 0.2) is 11.0 Å². The van der Waals surface area contributed by atoms with E-state index in [0.717, 1.165) is 45.0 Å². The van der Waals surface area contributed by atoms with Crippen molar-refractivity contribution < 1.29 is 4.79 Å². The summed E-state index contributed by atoms with van der Waals surface area (Å²) in [6.45, 7) is 11.2. The summed E-state index contributed by atoms with van der Waals surface area (Å²) in [6.07, 6.45) is 3.30. The quantitative estimate of drug-likeness (QED) is 0.709. The number of aromatic amines is 1.